The highest BCUT2D eigenvalue weighted by molar-refractivity contribution is 6.31. The maximum absolute atomic E-state index is 16.0. The molecule has 4 atom stereocenters. The van der Waals surface area contributed by atoms with E-state index in [1.54, 1.807) is 43.3 Å². The Morgan fingerprint density at radius 1 is 1.21 bits per heavy atom. The highest BCUT2D eigenvalue weighted by Crippen LogP contribution is 2.60. The second kappa shape index (κ2) is 9.79. The molecule has 2 aliphatic carbocycles. The molecule has 3 aliphatic heterocycles. The fourth-order valence-corrected chi connectivity index (χ4v) is 7.76. The number of hydrogen-bond donors (Lipinski definition) is 3. The van der Waals surface area contributed by atoms with Crippen LogP contribution >= 0.6 is 23.2 Å². The summed E-state index contributed by atoms with van der Waals surface area (Å²) in [5.74, 6) is -1.44. The predicted octanol–water partition coefficient (Wildman–Crippen LogP) is 5.85. The maximum Gasteiger partial charge on any atom is 0.338 e. The van der Waals surface area contributed by atoms with Gasteiger partial charge in [-0.25, -0.2) is 9.18 Å². The van der Waals surface area contributed by atoms with Crippen molar-refractivity contribution < 1.29 is 18.7 Å². The molecule has 3 N–H and O–H groups in total. The number of benzene rings is 2. The Morgan fingerprint density at radius 3 is 2.74 bits per heavy atom. The summed E-state index contributed by atoms with van der Waals surface area (Å²) in [6.45, 7) is 2.41. The number of methoxy groups -OCH3 is 1. The first-order valence-electron chi connectivity index (χ1n) is 14.0. The van der Waals surface area contributed by atoms with Crippen LogP contribution in [0.3, 0.4) is 0 Å². The molecule has 2 saturated heterocycles. The lowest BCUT2D eigenvalue weighted by Gasteiger charge is -2.40. The number of amides is 1. The number of anilines is 1. The lowest BCUT2D eigenvalue weighted by Crippen LogP contribution is -2.53. The van der Waals surface area contributed by atoms with Gasteiger partial charge in [-0.2, -0.15) is 0 Å². The Balaban J connectivity index is 1.40. The highest BCUT2D eigenvalue weighted by atomic mass is 35.5. The van der Waals surface area contributed by atoms with Gasteiger partial charge < -0.3 is 15.4 Å². The van der Waals surface area contributed by atoms with Gasteiger partial charge in [0.25, 0.3) is 0 Å². The fourth-order valence-electron chi connectivity index (χ4n) is 7.41. The third kappa shape index (κ3) is 3.85. The van der Waals surface area contributed by atoms with Gasteiger partial charge in [0.05, 0.1) is 29.5 Å². The highest BCUT2D eigenvalue weighted by Gasteiger charge is 2.69. The van der Waals surface area contributed by atoms with E-state index in [-0.39, 0.29) is 28.7 Å². The number of carbonyl (C=O) groups is 2. The number of hydrogen-bond acceptors (Lipinski definition) is 6. The Morgan fingerprint density at radius 2 is 2.00 bits per heavy atom. The topological polar surface area (TPSA) is 94.5 Å². The number of nitrogens with zero attached hydrogens (tertiary/aromatic N) is 1. The van der Waals surface area contributed by atoms with Gasteiger partial charge in [0.1, 0.15) is 11.4 Å². The first-order valence-corrected chi connectivity index (χ1v) is 14.8. The number of carbonyl (C=O) groups excluding carboxylic acids is 2. The Kier molecular flexibility index (Phi) is 6.38. The molecule has 5 aliphatic rings. The van der Waals surface area contributed by atoms with Crippen molar-refractivity contribution in [3.05, 3.63) is 98.0 Å². The van der Waals surface area contributed by atoms with Crippen LogP contribution in [0.2, 0.25) is 10.0 Å². The number of likely N-dealkylation sites (tertiary alicyclic amines) is 1. The van der Waals surface area contributed by atoms with Crippen LogP contribution in [0.1, 0.15) is 43.2 Å². The van der Waals surface area contributed by atoms with Crippen LogP contribution < -0.4 is 10.6 Å². The molecule has 1 spiro atoms. The number of nitrogens with one attached hydrogen (secondary N) is 3. The normalized spacial score (nSPS) is 30.1. The van der Waals surface area contributed by atoms with Gasteiger partial charge in [-0.05, 0) is 61.1 Å². The van der Waals surface area contributed by atoms with Gasteiger partial charge >= 0.3 is 5.97 Å². The second-order valence-electron chi connectivity index (χ2n) is 11.7. The van der Waals surface area contributed by atoms with Crippen LogP contribution in [0.15, 0.2) is 71.0 Å². The number of rotatable bonds is 4. The van der Waals surface area contributed by atoms with E-state index in [9.17, 15) is 9.59 Å². The molecule has 3 fully saturated rings. The molecule has 0 radical (unpaired) electrons. The Bertz CT molecular complexity index is 1680. The van der Waals surface area contributed by atoms with Gasteiger partial charge in [-0.3, -0.25) is 15.1 Å². The minimum absolute atomic E-state index is 0.000698. The minimum Gasteiger partial charge on any atom is -0.465 e. The number of halogens is 3. The predicted molar refractivity (Wildman–Crippen MR) is 159 cm³/mol. The van der Waals surface area contributed by atoms with Crippen molar-refractivity contribution in [1.82, 2.24) is 10.2 Å². The van der Waals surface area contributed by atoms with Gasteiger partial charge in [0.15, 0.2) is 0 Å². The van der Waals surface area contributed by atoms with Gasteiger partial charge in [-0.15, -0.1) is 0 Å². The molecule has 7 rings (SSSR count). The molecule has 7 nitrogen and oxygen atoms in total. The SMILES string of the molecule is COC(=O)C1=C(C)C(=N)/C(=C2/C[C@H]3[C@@H](N2)[C@H](c2cccc(Cl)c2F)[C@]2(C(=O)Nc4cc(Cl)ccc42)N3CC2CC2)C=C1. The largest absolute Gasteiger partial charge is 0.465 e. The smallest absolute Gasteiger partial charge is 0.338 e. The lowest BCUT2D eigenvalue weighted by atomic mass is 9.73. The summed E-state index contributed by atoms with van der Waals surface area (Å²) in [5.41, 5.74) is 3.18. The van der Waals surface area contributed by atoms with Crippen LogP contribution in [-0.2, 0) is 19.9 Å². The van der Waals surface area contributed by atoms with E-state index >= 15 is 4.39 Å². The number of ether oxygens (including phenoxy) is 1. The third-order valence-corrected chi connectivity index (χ3v) is 10.0. The van der Waals surface area contributed by atoms with Crippen molar-refractivity contribution in [2.24, 2.45) is 5.92 Å². The zero-order chi connectivity index (χ0) is 29.5. The van der Waals surface area contributed by atoms with E-state index < -0.39 is 23.2 Å². The van der Waals surface area contributed by atoms with E-state index in [1.807, 2.05) is 6.07 Å². The van der Waals surface area contributed by atoms with Crippen LogP contribution in [0.5, 0.6) is 0 Å². The van der Waals surface area contributed by atoms with Crippen LogP contribution in [0, 0.1) is 17.1 Å². The average Bonchev–Trinajstić information content (AvgIpc) is 3.54. The molecule has 2 aromatic carbocycles. The Labute approximate surface area is 252 Å². The molecule has 216 valence electrons. The van der Waals surface area contributed by atoms with E-state index in [1.165, 1.54) is 13.2 Å². The second-order valence-corrected chi connectivity index (χ2v) is 12.5. The summed E-state index contributed by atoms with van der Waals surface area (Å²) in [5, 5.41) is 16.1. The summed E-state index contributed by atoms with van der Waals surface area (Å²) in [4.78, 5) is 28.8. The fraction of sp³-hybridized carbons (Fsp3) is 0.344. The van der Waals surface area contributed by atoms with Crippen molar-refractivity contribution >= 4 is 46.5 Å². The molecular formula is C32H29Cl2FN4O3. The molecule has 1 saturated carbocycles. The zero-order valence-electron chi connectivity index (χ0n) is 23.1. The number of fused-ring (bicyclic) bond motifs is 3. The first-order chi connectivity index (χ1) is 20.2. The van der Waals surface area contributed by atoms with Crippen molar-refractivity contribution in [2.45, 2.75) is 49.7 Å². The molecule has 42 heavy (non-hydrogen) atoms. The standard InChI is InChI=1S/C32H29Cl2FN4O3/c1-15-18(30(40)42-2)9-10-19(28(15)36)23-13-25-29(37-23)26(20-4-3-5-22(34)27(20)35)32(39(25)14-16-6-7-16)21-11-8-17(33)12-24(21)38-31(32)41/h3-5,8-12,16,25-26,29,36-37H,6-7,13-14H2,1-2H3,(H,38,41)/b23-19-,36-28?/t25-,26-,29+,32+/m0/s1. The van der Waals surface area contributed by atoms with Crippen LogP contribution in [0.25, 0.3) is 0 Å². The summed E-state index contributed by atoms with van der Waals surface area (Å²) in [6, 6.07) is 9.84. The third-order valence-electron chi connectivity index (χ3n) is 9.48. The molecule has 0 unspecified atom stereocenters. The molecule has 3 heterocycles. The van der Waals surface area contributed by atoms with E-state index in [2.05, 4.69) is 15.5 Å². The Hall–Kier alpha value is -3.46. The summed E-state index contributed by atoms with van der Waals surface area (Å²) < 4.78 is 20.9. The van der Waals surface area contributed by atoms with Gasteiger partial charge in [0, 0.05) is 52.5 Å². The quantitative estimate of drug-likeness (QED) is 0.379. The van der Waals surface area contributed by atoms with Gasteiger partial charge in [-0.1, -0.05) is 47.5 Å². The van der Waals surface area contributed by atoms with Crippen molar-refractivity contribution in [3.8, 4) is 0 Å². The molecule has 0 bridgehead atoms. The lowest BCUT2D eigenvalue weighted by molar-refractivity contribution is -0.135. The van der Waals surface area contributed by atoms with Crippen LogP contribution in [-0.4, -0.2) is 48.2 Å². The first kappa shape index (κ1) is 27.4. The monoisotopic (exact) mass is 606 g/mol. The molecule has 2 aromatic rings. The summed E-state index contributed by atoms with van der Waals surface area (Å²) >= 11 is 12.7. The van der Waals surface area contributed by atoms with Gasteiger partial charge in [0.2, 0.25) is 5.91 Å². The molecule has 10 heteroatoms. The molecule has 0 aromatic heterocycles. The number of esters is 1. The summed E-state index contributed by atoms with van der Waals surface area (Å²) in [7, 11) is 1.32. The zero-order valence-corrected chi connectivity index (χ0v) is 24.6. The maximum atomic E-state index is 16.0. The minimum atomic E-state index is -1.18. The van der Waals surface area contributed by atoms with E-state index in [0.29, 0.717) is 51.9 Å². The summed E-state index contributed by atoms with van der Waals surface area (Å²) in [6.07, 6.45) is 6.12. The van der Waals surface area contributed by atoms with E-state index in [0.717, 1.165) is 24.1 Å². The van der Waals surface area contributed by atoms with Crippen molar-refractivity contribution in [1.29, 1.82) is 5.41 Å². The van der Waals surface area contributed by atoms with Crippen molar-refractivity contribution in [2.75, 3.05) is 19.0 Å². The number of allylic oxidation sites excluding steroid dienone is 3. The van der Waals surface area contributed by atoms with E-state index in [4.69, 9.17) is 33.3 Å². The molecule has 1 amide bonds. The average molecular weight is 608 g/mol. The van der Waals surface area contributed by atoms with Crippen LogP contribution in [0.4, 0.5) is 10.1 Å². The van der Waals surface area contributed by atoms with Crippen molar-refractivity contribution in [3.63, 3.8) is 0 Å². The molecular weight excluding hydrogens is 578 g/mol.